The number of halogens is 3. The zero-order valence-corrected chi connectivity index (χ0v) is 13.9. The van der Waals surface area contributed by atoms with Gasteiger partial charge < -0.3 is 14.6 Å². The molecule has 2 rings (SSSR count). The molecule has 0 unspecified atom stereocenters. The third kappa shape index (κ3) is 4.19. The normalized spacial score (nSPS) is 12.8. The number of alkyl halides is 3. The molecule has 130 valence electrons. The fourth-order valence-electron chi connectivity index (χ4n) is 1.82. The first-order valence-electron chi connectivity index (χ1n) is 6.80. The van der Waals surface area contributed by atoms with E-state index in [1.54, 1.807) is 31.2 Å². The predicted octanol–water partition coefficient (Wildman–Crippen LogP) is 2.96. The second kappa shape index (κ2) is 7.12. The molecule has 24 heavy (non-hydrogen) atoms. The molecule has 0 saturated carbocycles. The molecule has 1 heterocycles. The number of rotatable bonds is 5. The quantitative estimate of drug-likeness (QED) is 0.831. The van der Waals surface area contributed by atoms with E-state index in [-0.39, 0.29) is 11.1 Å². The van der Waals surface area contributed by atoms with Gasteiger partial charge in [0.2, 0.25) is 11.7 Å². The fraction of sp³-hybridized carbons (Fsp3) is 0.357. The van der Waals surface area contributed by atoms with E-state index in [0.717, 1.165) is 16.3 Å². The van der Waals surface area contributed by atoms with Crippen LogP contribution < -0.4 is 10.1 Å². The number of aromatic nitrogens is 3. The van der Waals surface area contributed by atoms with E-state index in [4.69, 9.17) is 4.74 Å². The van der Waals surface area contributed by atoms with Crippen LogP contribution in [0.4, 0.5) is 18.9 Å². The van der Waals surface area contributed by atoms with E-state index in [1.807, 2.05) is 0 Å². The van der Waals surface area contributed by atoms with Gasteiger partial charge in [-0.2, -0.15) is 13.2 Å². The summed E-state index contributed by atoms with van der Waals surface area (Å²) in [6.45, 7) is 1.57. The predicted molar refractivity (Wildman–Crippen MR) is 82.9 cm³/mol. The topological polar surface area (TPSA) is 69.0 Å². The molecule has 1 atom stereocenters. The van der Waals surface area contributed by atoms with Gasteiger partial charge >= 0.3 is 6.18 Å². The van der Waals surface area contributed by atoms with Gasteiger partial charge in [-0.25, -0.2) is 0 Å². The summed E-state index contributed by atoms with van der Waals surface area (Å²) in [5.74, 6) is -0.897. The van der Waals surface area contributed by atoms with Crippen LogP contribution in [0.3, 0.4) is 0 Å². The molecule has 2 aromatic rings. The van der Waals surface area contributed by atoms with Crippen LogP contribution in [0.25, 0.3) is 0 Å². The summed E-state index contributed by atoms with van der Waals surface area (Å²) < 4.78 is 44.0. The molecule has 1 aromatic carbocycles. The van der Waals surface area contributed by atoms with Gasteiger partial charge in [-0.15, -0.1) is 10.2 Å². The van der Waals surface area contributed by atoms with Gasteiger partial charge in [0.15, 0.2) is 5.16 Å². The van der Waals surface area contributed by atoms with E-state index in [1.165, 1.54) is 14.2 Å². The summed E-state index contributed by atoms with van der Waals surface area (Å²) in [6, 6.07) is 6.76. The molecule has 0 fully saturated rings. The van der Waals surface area contributed by atoms with E-state index >= 15 is 0 Å². The number of nitrogens with one attached hydrogen (secondary N) is 1. The first-order valence-corrected chi connectivity index (χ1v) is 7.68. The van der Waals surface area contributed by atoms with Crippen molar-refractivity contribution in [1.29, 1.82) is 0 Å². The summed E-state index contributed by atoms with van der Waals surface area (Å²) in [6.07, 6.45) is -4.59. The zero-order chi connectivity index (χ0) is 17.9. The van der Waals surface area contributed by atoms with Crippen LogP contribution in [0.15, 0.2) is 29.4 Å². The van der Waals surface area contributed by atoms with Crippen LogP contribution >= 0.6 is 11.8 Å². The molecule has 0 aliphatic rings. The van der Waals surface area contributed by atoms with Gasteiger partial charge in [0.05, 0.1) is 12.4 Å². The molecule has 0 spiro atoms. The summed E-state index contributed by atoms with van der Waals surface area (Å²) in [5.41, 5.74) is 0.528. The second-order valence-electron chi connectivity index (χ2n) is 4.84. The lowest BCUT2D eigenvalue weighted by Crippen LogP contribution is -2.23. The Morgan fingerprint density at radius 3 is 2.67 bits per heavy atom. The Kier molecular flexibility index (Phi) is 5.37. The lowest BCUT2D eigenvalue weighted by atomic mass is 10.3. The Morgan fingerprint density at radius 1 is 1.38 bits per heavy atom. The third-order valence-electron chi connectivity index (χ3n) is 3.08. The minimum atomic E-state index is -4.59. The lowest BCUT2D eigenvalue weighted by Gasteiger charge is -2.12. The fourth-order valence-corrected chi connectivity index (χ4v) is 2.64. The standard InChI is InChI=1S/C14H15F3N4O2S/c1-8(11(22)18-9-5-4-6-10(7-9)23-3)24-13-20-19-12(21(13)2)14(15,16)17/h4-8H,1-3H3,(H,18,22)/t8-/m1/s1. The molecular weight excluding hydrogens is 345 g/mol. The Hall–Kier alpha value is -2.23. The van der Waals surface area contributed by atoms with Crippen molar-refractivity contribution in [1.82, 2.24) is 14.8 Å². The average molecular weight is 360 g/mol. The van der Waals surface area contributed by atoms with Gasteiger partial charge in [0.25, 0.3) is 0 Å². The summed E-state index contributed by atoms with van der Waals surface area (Å²) >= 11 is 0.891. The van der Waals surface area contributed by atoms with Crippen LogP contribution in [-0.2, 0) is 18.0 Å². The maximum Gasteiger partial charge on any atom is 0.451 e. The number of ether oxygens (including phenoxy) is 1. The number of carbonyl (C=O) groups excluding carboxylic acids is 1. The van der Waals surface area contributed by atoms with Gasteiger partial charge in [-0.3, -0.25) is 4.79 Å². The molecule has 1 amide bonds. The minimum Gasteiger partial charge on any atom is -0.497 e. The number of hydrogen-bond donors (Lipinski definition) is 1. The molecule has 1 aromatic heterocycles. The Bertz CT molecular complexity index is 733. The van der Waals surface area contributed by atoms with Gasteiger partial charge in [-0.1, -0.05) is 17.8 Å². The molecule has 0 aliphatic heterocycles. The van der Waals surface area contributed by atoms with E-state index in [9.17, 15) is 18.0 Å². The van der Waals surface area contributed by atoms with Crippen molar-refractivity contribution in [3.05, 3.63) is 30.1 Å². The highest BCUT2D eigenvalue weighted by Crippen LogP contribution is 2.31. The van der Waals surface area contributed by atoms with Crippen LogP contribution in [0.1, 0.15) is 12.7 Å². The summed E-state index contributed by atoms with van der Waals surface area (Å²) in [7, 11) is 2.71. The van der Waals surface area contributed by atoms with E-state index in [2.05, 4.69) is 15.5 Å². The van der Waals surface area contributed by atoms with E-state index < -0.39 is 17.3 Å². The molecular formula is C14H15F3N4O2S. The lowest BCUT2D eigenvalue weighted by molar-refractivity contribution is -0.147. The monoisotopic (exact) mass is 360 g/mol. The van der Waals surface area contributed by atoms with Gasteiger partial charge in [0, 0.05) is 18.8 Å². The Morgan fingerprint density at radius 2 is 2.08 bits per heavy atom. The highest BCUT2D eigenvalue weighted by Gasteiger charge is 2.37. The van der Waals surface area contributed by atoms with Crippen molar-refractivity contribution in [2.45, 2.75) is 23.5 Å². The maximum atomic E-state index is 12.7. The van der Waals surface area contributed by atoms with E-state index in [0.29, 0.717) is 11.4 Å². The summed E-state index contributed by atoms with van der Waals surface area (Å²) in [4.78, 5) is 12.2. The maximum absolute atomic E-state index is 12.7. The van der Waals surface area contributed by atoms with Crippen molar-refractivity contribution in [2.24, 2.45) is 7.05 Å². The zero-order valence-electron chi connectivity index (χ0n) is 13.1. The second-order valence-corrected chi connectivity index (χ2v) is 6.15. The van der Waals surface area contributed by atoms with Crippen molar-refractivity contribution < 1.29 is 22.7 Å². The molecule has 6 nitrogen and oxygen atoms in total. The number of carbonyl (C=O) groups is 1. The van der Waals surface area contributed by atoms with Crippen molar-refractivity contribution in [2.75, 3.05) is 12.4 Å². The van der Waals surface area contributed by atoms with Gasteiger partial charge in [0.1, 0.15) is 5.75 Å². The van der Waals surface area contributed by atoms with Crippen molar-refractivity contribution >= 4 is 23.4 Å². The largest absolute Gasteiger partial charge is 0.497 e. The number of thioether (sulfide) groups is 1. The number of amides is 1. The van der Waals surface area contributed by atoms with Crippen LogP contribution in [0.5, 0.6) is 5.75 Å². The van der Waals surface area contributed by atoms with Crippen molar-refractivity contribution in [3.63, 3.8) is 0 Å². The van der Waals surface area contributed by atoms with Gasteiger partial charge in [-0.05, 0) is 19.1 Å². The molecule has 0 radical (unpaired) electrons. The number of benzene rings is 1. The van der Waals surface area contributed by atoms with Crippen LogP contribution in [-0.4, -0.2) is 33.0 Å². The van der Waals surface area contributed by atoms with Crippen LogP contribution in [0.2, 0.25) is 0 Å². The molecule has 0 bridgehead atoms. The number of nitrogens with zero attached hydrogens (tertiary/aromatic N) is 3. The first-order chi connectivity index (χ1) is 11.2. The highest BCUT2D eigenvalue weighted by molar-refractivity contribution is 8.00. The smallest absolute Gasteiger partial charge is 0.451 e. The average Bonchev–Trinajstić information content (AvgIpc) is 2.88. The number of hydrogen-bond acceptors (Lipinski definition) is 5. The highest BCUT2D eigenvalue weighted by atomic mass is 32.2. The molecule has 0 aliphatic carbocycles. The third-order valence-corrected chi connectivity index (χ3v) is 4.21. The molecule has 0 saturated heterocycles. The number of anilines is 1. The van der Waals surface area contributed by atoms with Crippen molar-refractivity contribution in [3.8, 4) is 5.75 Å². The summed E-state index contributed by atoms with van der Waals surface area (Å²) in [5, 5.41) is 8.64. The minimum absolute atomic E-state index is 0.00983. The molecule has 10 heteroatoms. The number of methoxy groups -OCH3 is 1. The Labute approximate surface area is 140 Å². The SMILES string of the molecule is COc1cccc(NC(=O)[C@@H](C)Sc2nnc(C(F)(F)F)n2C)c1. The first kappa shape index (κ1) is 18.1. The Balaban J connectivity index is 2.05. The van der Waals surface area contributed by atoms with Crippen LogP contribution in [0, 0.1) is 0 Å². The molecule has 1 N–H and O–H groups in total.